The number of anilines is 1. The molecule has 10 heteroatoms. The van der Waals surface area contributed by atoms with E-state index in [1.165, 1.54) is 7.11 Å². The maximum atomic E-state index is 12.0. The van der Waals surface area contributed by atoms with Crippen molar-refractivity contribution in [3.8, 4) is 0 Å². The summed E-state index contributed by atoms with van der Waals surface area (Å²) in [6.07, 6.45) is 3.10. The standard InChI is InChI=1S/C21H22N6O4/c1-30-20(29)13-2-3-16-15(8-13)19(24-12-23-16)26-6-4-21(5-7-26)11-27-14(10-31-21)9-17(25-27)18(22)28/h2-3,8-9,12H,4-7,10-11H2,1H3,(H2,22,28). The molecule has 1 fully saturated rings. The number of nitrogens with two attached hydrogens (primary N) is 1. The van der Waals surface area contributed by atoms with E-state index in [2.05, 4.69) is 20.0 Å². The Labute approximate surface area is 178 Å². The lowest BCUT2D eigenvalue weighted by Crippen LogP contribution is -2.51. The maximum absolute atomic E-state index is 12.0. The third-order valence-electron chi connectivity index (χ3n) is 6.09. The Morgan fingerprint density at radius 2 is 2.00 bits per heavy atom. The molecule has 4 heterocycles. The molecule has 2 aromatic heterocycles. The maximum Gasteiger partial charge on any atom is 0.337 e. The molecule has 3 aromatic rings. The van der Waals surface area contributed by atoms with Crippen LogP contribution in [0.25, 0.3) is 10.9 Å². The van der Waals surface area contributed by atoms with Gasteiger partial charge in [0.2, 0.25) is 0 Å². The fourth-order valence-corrected chi connectivity index (χ4v) is 4.34. The first-order chi connectivity index (χ1) is 15.0. The molecular formula is C21H22N6O4. The summed E-state index contributed by atoms with van der Waals surface area (Å²) in [5, 5.41) is 5.15. The molecule has 10 nitrogen and oxygen atoms in total. The zero-order valence-corrected chi connectivity index (χ0v) is 17.1. The van der Waals surface area contributed by atoms with E-state index in [-0.39, 0.29) is 11.3 Å². The Morgan fingerprint density at radius 1 is 1.19 bits per heavy atom. The van der Waals surface area contributed by atoms with Gasteiger partial charge < -0.3 is 20.1 Å². The normalized spacial score (nSPS) is 17.5. The van der Waals surface area contributed by atoms with Gasteiger partial charge >= 0.3 is 5.97 Å². The van der Waals surface area contributed by atoms with E-state index in [0.717, 1.165) is 48.3 Å². The van der Waals surface area contributed by atoms with Gasteiger partial charge in [0, 0.05) is 18.5 Å². The predicted molar refractivity (Wildman–Crippen MR) is 111 cm³/mol. The zero-order chi connectivity index (χ0) is 21.6. The molecule has 5 rings (SSSR count). The molecular weight excluding hydrogens is 400 g/mol. The van der Waals surface area contributed by atoms with Crippen LogP contribution in [0.2, 0.25) is 0 Å². The number of methoxy groups -OCH3 is 1. The van der Waals surface area contributed by atoms with Gasteiger partial charge in [-0.3, -0.25) is 9.48 Å². The van der Waals surface area contributed by atoms with Gasteiger partial charge in [0.1, 0.15) is 17.8 Å². The molecule has 31 heavy (non-hydrogen) atoms. The van der Waals surface area contributed by atoms with E-state index in [1.807, 2.05) is 4.68 Å². The highest BCUT2D eigenvalue weighted by molar-refractivity contribution is 5.98. The minimum Gasteiger partial charge on any atom is -0.465 e. The number of amides is 1. The molecule has 1 saturated heterocycles. The van der Waals surface area contributed by atoms with Crippen LogP contribution in [-0.4, -0.2) is 57.4 Å². The quantitative estimate of drug-likeness (QED) is 0.626. The number of hydrogen-bond donors (Lipinski definition) is 1. The number of nitrogens with zero attached hydrogens (tertiary/aromatic N) is 5. The zero-order valence-electron chi connectivity index (χ0n) is 17.1. The van der Waals surface area contributed by atoms with Gasteiger partial charge in [0.15, 0.2) is 0 Å². The molecule has 0 saturated carbocycles. The van der Waals surface area contributed by atoms with Crippen LogP contribution in [0.5, 0.6) is 0 Å². The number of aromatic nitrogens is 4. The number of esters is 1. The Hall–Kier alpha value is -3.53. The van der Waals surface area contributed by atoms with Crippen LogP contribution in [0.3, 0.4) is 0 Å². The van der Waals surface area contributed by atoms with Crippen molar-refractivity contribution in [1.82, 2.24) is 19.7 Å². The van der Waals surface area contributed by atoms with Crippen molar-refractivity contribution in [3.05, 3.63) is 47.5 Å². The lowest BCUT2D eigenvalue weighted by Gasteiger charge is -2.44. The van der Waals surface area contributed by atoms with Crippen LogP contribution in [0, 0.1) is 0 Å². The number of carbonyl (C=O) groups excluding carboxylic acids is 2. The third-order valence-corrected chi connectivity index (χ3v) is 6.09. The van der Waals surface area contributed by atoms with Crippen molar-refractivity contribution in [1.29, 1.82) is 0 Å². The molecule has 0 bridgehead atoms. The second-order valence-electron chi connectivity index (χ2n) is 7.92. The summed E-state index contributed by atoms with van der Waals surface area (Å²) in [5.41, 5.74) is 7.38. The molecule has 160 valence electrons. The average molecular weight is 422 g/mol. The summed E-state index contributed by atoms with van der Waals surface area (Å²) in [4.78, 5) is 34.4. The molecule has 1 amide bonds. The monoisotopic (exact) mass is 422 g/mol. The van der Waals surface area contributed by atoms with Gasteiger partial charge in [-0.15, -0.1) is 0 Å². The molecule has 2 aliphatic heterocycles. The van der Waals surface area contributed by atoms with Crippen LogP contribution < -0.4 is 10.6 Å². The summed E-state index contributed by atoms with van der Waals surface area (Å²) in [6.45, 7) is 2.45. The largest absolute Gasteiger partial charge is 0.465 e. The number of rotatable bonds is 3. The molecule has 1 aromatic carbocycles. The molecule has 1 spiro atoms. The van der Waals surface area contributed by atoms with Gasteiger partial charge in [-0.1, -0.05) is 0 Å². The topological polar surface area (TPSA) is 125 Å². The fourth-order valence-electron chi connectivity index (χ4n) is 4.34. The summed E-state index contributed by atoms with van der Waals surface area (Å²) in [5.74, 6) is -0.139. The SMILES string of the molecule is COC(=O)c1ccc2ncnc(N3CCC4(CC3)Cn3nc(C(N)=O)cc3CO4)c2c1. The Balaban J connectivity index is 1.37. The highest BCUT2D eigenvalue weighted by atomic mass is 16.5. The lowest BCUT2D eigenvalue weighted by atomic mass is 9.90. The number of primary amides is 1. The Morgan fingerprint density at radius 3 is 2.74 bits per heavy atom. The van der Waals surface area contributed by atoms with Crippen molar-refractivity contribution in [2.75, 3.05) is 25.1 Å². The van der Waals surface area contributed by atoms with Gasteiger partial charge in [-0.2, -0.15) is 5.10 Å². The average Bonchev–Trinajstić information content (AvgIpc) is 3.22. The number of piperidine rings is 1. The summed E-state index contributed by atoms with van der Waals surface area (Å²) in [6, 6.07) is 6.97. The van der Waals surface area contributed by atoms with Crippen LogP contribution in [0.4, 0.5) is 5.82 Å². The minimum atomic E-state index is -0.535. The summed E-state index contributed by atoms with van der Waals surface area (Å²) >= 11 is 0. The van der Waals surface area contributed by atoms with E-state index < -0.39 is 11.9 Å². The number of benzene rings is 1. The van der Waals surface area contributed by atoms with Crippen molar-refractivity contribution in [3.63, 3.8) is 0 Å². The van der Waals surface area contributed by atoms with E-state index in [1.54, 1.807) is 30.6 Å². The highest BCUT2D eigenvalue weighted by Crippen LogP contribution is 2.36. The van der Waals surface area contributed by atoms with Crippen molar-refractivity contribution in [2.45, 2.75) is 31.6 Å². The Bertz CT molecular complexity index is 1180. The van der Waals surface area contributed by atoms with Gasteiger partial charge in [-0.25, -0.2) is 14.8 Å². The van der Waals surface area contributed by atoms with E-state index >= 15 is 0 Å². The summed E-state index contributed by atoms with van der Waals surface area (Å²) in [7, 11) is 1.36. The first-order valence-electron chi connectivity index (χ1n) is 10.1. The van der Waals surface area contributed by atoms with Crippen molar-refractivity contribution < 1.29 is 19.1 Å². The smallest absolute Gasteiger partial charge is 0.337 e. The molecule has 0 radical (unpaired) electrons. The van der Waals surface area contributed by atoms with Gasteiger partial charge in [0.25, 0.3) is 5.91 Å². The number of fused-ring (bicyclic) bond motifs is 2. The number of hydrogen-bond acceptors (Lipinski definition) is 8. The van der Waals surface area contributed by atoms with Gasteiger partial charge in [0.05, 0.1) is 42.6 Å². The first-order valence-corrected chi connectivity index (χ1v) is 10.1. The van der Waals surface area contributed by atoms with Crippen molar-refractivity contribution >= 4 is 28.6 Å². The lowest BCUT2D eigenvalue weighted by molar-refractivity contribution is -0.106. The van der Waals surface area contributed by atoms with Crippen LogP contribution in [0.15, 0.2) is 30.6 Å². The van der Waals surface area contributed by atoms with Crippen LogP contribution >= 0.6 is 0 Å². The predicted octanol–water partition coefficient (Wildman–Crippen LogP) is 1.28. The molecule has 0 aliphatic carbocycles. The Kier molecular flexibility index (Phi) is 4.58. The number of carbonyl (C=O) groups is 2. The highest BCUT2D eigenvalue weighted by Gasteiger charge is 2.40. The van der Waals surface area contributed by atoms with Crippen LogP contribution in [0.1, 0.15) is 39.4 Å². The first kappa shape index (κ1) is 19.4. The van der Waals surface area contributed by atoms with E-state index in [0.29, 0.717) is 18.7 Å². The van der Waals surface area contributed by atoms with Crippen LogP contribution in [-0.2, 0) is 22.6 Å². The molecule has 0 atom stereocenters. The molecule has 2 N–H and O–H groups in total. The molecule has 0 unspecified atom stereocenters. The number of ether oxygens (including phenoxy) is 2. The third kappa shape index (κ3) is 3.38. The van der Waals surface area contributed by atoms with Gasteiger partial charge in [-0.05, 0) is 37.1 Å². The van der Waals surface area contributed by atoms with Crippen molar-refractivity contribution in [2.24, 2.45) is 5.73 Å². The van der Waals surface area contributed by atoms with E-state index in [4.69, 9.17) is 15.2 Å². The molecule has 2 aliphatic rings. The fraction of sp³-hybridized carbons (Fsp3) is 0.381. The second-order valence-corrected chi connectivity index (χ2v) is 7.92. The van der Waals surface area contributed by atoms with E-state index in [9.17, 15) is 9.59 Å². The minimum absolute atomic E-state index is 0.266. The second kappa shape index (κ2) is 7.31. The summed E-state index contributed by atoms with van der Waals surface area (Å²) < 4.78 is 12.9.